The fourth-order valence-electron chi connectivity index (χ4n) is 1.24. The number of amides is 1. The van der Waals surface area contributed by atoms with Crippen molar-refractivity contribution in [2.45, 2.75) is 19.3 Å². The molecule has 1 aromatic rings. The highest BCUT2D eigenvalue weighted by molar-refractivity contribution is 7.13. The Hall–Kier alpha value is -1.63. The first-order valence-corrected chi connectivity index (χ1v) is 6.47. The van der Waals surface area contributed by atoms with Gasteiger partial charge in [0, 0.05) is 38.9 Å². The Bertz CT molecular complexity index is 417. The second-order valence-corrected chi connectivity index (χ2v) is 4.86. The Morgan fingerprint density at radius 1 is 1.44 bits per heavy atom. The molecule has 0 aliphatic heterocycles. The number of aliphatic carboxylic acids is 1. The number of thiazole rings is 1. The lowest BCUT2D eigenvalue weighted by atomic mass is 10.2. The van der Waals surface area contributed by atoms with Gasteiger partial charge in [-0.15, -0.1) is 11.3 Å². The largest absolute Gasteiger partial charge is 0.481 e. The number of carboxylic acid groups (broad SMARTS) is 1. The maximum Gasteiger partial charge on any atom is 0.303 e. The second kappa shape index (κ2) is 6.95. The van der Waals surface area contributed by atoms with Gasteiger partial charge >= 0.3 is 5.97 Å². The molecule has 100 valence electrons. The van der Waals surface area contributed by atoms with Gasteiger partial charge in [-0.1, -0.05) is 0 Å². The van der Waals surface area contributed by atoms with Crippen LogP contribution in [0.5, 0.6) is 0 Å². The van der Waals surface area contributed by atoms with Crippen LogP contribution in [0.2, 0.25) is 0 Å². The third kappa shape index (κ3) is 5.13. The molecule has 0 saturated carbocycles. The zero-order valence-electron chi connectivity index (χ0n) is 10.5. The number of carboxylic acids is 1. The van der Waals surface area contributed by atoms with E-state index in [9.17, 15) is 9.59 Å². The highest BCUT2D eigenvalue weighted by atomic mass is 32.1. The zero-order chi connectivity index (χ0) is 13.5. The van der Waals surface area contributed by atoms with Gasteiger partial charge in [0.25, 0.3) is 0 Å². The van der Waals surface area contributed by atoms with Crippen molar-refractivity contribution in [1.29, 1.82) is 0 Å². The van der Waals surface area contributed by atoms with E-state index in [4.69, 9.17) is 5.11 Å². The van der Waals surface area contributed by atoms with E-state index in [-0.39, 0.29) is 12.3 Å². The van der Waals surface area contributed by atoms with Crippen LogP contribution < -0.4 is 5.32 Å². The molecule has 0 aliphatic carbocycles. The van der Waals surface area contributed by atoms with E-state index in [1.807, 2.05) is 5.38 Å². The number of nitrogens with one attached hydrogen (secondary N) is 1. The molecular formula is C11H17N3O3S. The smallest absolute Gasteiger partial charge is 0.303 e. The highest BCUT2D eigenvalue weighted by Crippen LogP contribution is 2.16. The fourth-order valence-corrected chi connectivity index (χ4v) is 2.01. The van der Waals surface area contributed by atoms with E-state index in [0.29, 0.717) is 19.4 Å². The van der Waals surface area contributed by atoms with Crippen LogP contribution in [0, 0.1) is 0 Å². The van der Waals surface area contributed by atoms with E-state index in [2.05, 4.69) is 10.3 Å². The van der Waals surface area contributed by atoms with Crippen molar-refractivity contribution in [1.82, 2.24) is 9.88 Å². The Morgan fingerprint density at radius 2 is 2.17 bits per heavy atom. The Kier molecular flexibility index (Phi) is 5.57. The van der Waals surface area contributed by atoms with Crippen LogP contribution in [-0.2, 0) is 16.0 Å². The first-order valence-electron chi connectivity index (χ1n) is 5.59. The first-order chi connectivity index (χ1) is 8.49. The summed E-state index contributed by atoms with van der Waals surface area (Å²) >= 11 is 1.42. The number of aryl methyl sites for hydroxylation is 1. The fraction of sp³-hybridized carbons (Fsp3) is 0.545. The molecule has 1 heterocycles. The van der Waals surface area contributed by atoms with Crippen molar-refractivity contribution in [2.75, 3.05) is 26.0 Å². The molecule has 2 N–H and O–H groups in total. The number of carbonyl (C=O) groups is 2. The molecule has 1 amide bonds. The summed E-state index contributed by atoms with van der Waals surface area (Å²) in [6, 6.07) is 0. The minimum absolute atomic E-state index is 0.0603. The third-order valence-electron chi connectivity index (χ3n) is 2.26. The molecule has 0 unspecified atom stereocenters. The predicted molar refractivity (Wildman–Crippen MR) is 69.9 cm³/mol. The lowest BCUT2D eigenvalue weighted by Gasteiger charge is -2.09. The maximum atomic E-state index is 11.3. The van der Waals surface area contributed by atoms with Crippen molar-refractivity contribution in [3.8, 4) is 0 Å². The normalized spacial score (nSPS) is 10.1. The highest BCUT2D eigenvalue weighted by Gasteiger charge is 2.06. The van der Waals surface area contributed by atoms with Gasteiger partial charge in [-0.3, -0.25) is 9.59 Å². The Balaban J connectivity index is 2.31. The summed E-state index contributed by atoms with van der Waals surface area (Å²) in [6.45, 7) is 0.531. The van der Waals surface area contributed by atoms with Gasteiger partial charge in [0.2, 0.25) is 5.91 Å². The number of hydrogen-bond donors (Lipinski definition) is 2. The quantitative estimate of drug-likeness (QED) is 0.774. The molecule has 0 bridgehead atoms. The van der Waals surface area contributed by atoms with E-state index in [1.54, 1.807) is 19.0 Å². The summed E-state index contributed by atoms with van der Waals surface area (Å²) in [5.74, 6) is -0.765. The van der Waals surface area contributed by atoms with E-state index < -0.39 is 5.97 Å². The number of rotatable bonds is 7. The van der Waals surface area contributed by atoms with Crippen LogP contribution in [-0.4, -0.2) is 47.5 Å². The molecule has 0 aromatic carbocycles. The summed E-state index contributed by atoms with van der Waals surface area (Å²) in [7, 11) is 3.44. The molecule has 18 heavy (non-hydrogen) atoms. The van der Waals surface area contributed by atoms with E-state index >= 15 is 0 Å². The molecule has 0 spiro atoms. The summed E-state index contributed by atoms with van der Waals surface area (Å²) in [5, 5.41) is 14.2. The summed E-state index contributed by atoms with van der Waals surface area (Å²) < 4.78 is 0. The summed E-state index contributed by atoms with van der Waals surface area (Å²) in [5.41, 5.74) is 0.767. The molecular weight excluding hydrogens is 254 g/mol. The number of hydrogen-bond acceptors (Lipinski definition) is 5. The van der Waals surface area contributed by atoms with Gasteiger partial charge in [-0.25, -0.2) is 4.98 Å². The van der Waals surface area contributed by atoms with Crippen molar-refractivity contribution >= 4 is 28.3 Å². The van der Waals surface area contributed by atoms with Gasteiger partial charge in [0.15, 0.2) is 5.13 Å². The van der Waals surface area contributed by atoms with Gasteiger partial charge in [-0.05, 0) is 0 Å². The van der Waals surface area contributed by atoms with Gasteiger partial charge in [0.05, 0.1) is 12.1 Å². The van der Waals surface area contributed by atoms with Gasteiger partial charge in [0.1, 0.15) is 0 Å². The van der Waals surface area contributed by atoms with Crippen molar-refractivity contribution in [3.05, 3.63) is 11.1 Å². The third-order valence-corrected chi connectivity index (χ3v) is 3.11. The van der Waals surface area contributed by atoms with Crippen molar-refractivity contribution < 1.29 is 14.7 Å². The van der Waals surface area contributed by atoms with Crippen LogP contribution in [0.1, 0.15) is 18.5 Å². The number of nitrogens with zero attached hydrogens (tertiary/aromatic N) is 2. The number of aromatic nitrogens is 1. The number of carbonyl (C=O) groups excluding carboxylic acids is 1. The zero-order valence-corrected chi connectivity index (χ0v) is 11.3. The monoisotopic (exact) mass is 271 g/mol. The van der Waals surface area contributed by atoms with Gasteiger partial charge < -0.3 is 15.3 Å². The van der Waals surface area contributed by atoms with Gasteiger partial charge in [-0.2, -0.15) is 0 Å². The van der Waals surface area contributed by atoms with Crippen LogP contribution in [0.15, 0.2) is 5.38 Å². The van der Waals surface area contributed by atoms with E-state index in [0.717, 1.165) is 10.8 Å². The molecule has 6 nitrogen and oxygen atoms in total. The topological polar surface area (TPSA) is 82.5 Å². The first kappa shape index (κ1) is 14.4. The summed E-state index contributed by atoms with van der Waals surface area (Å²) in [6.07, 6.45) is 0.934. The van der Waals surface area contributed by atoms with Crippen LogP contribution in [0.25, 0.3) is 0 Å². The molecule has 0 atom stereocenters. The lowest BCUT2D eigenvalue weighted by molar-refractivity contribution is -0.137. The molecule has 7 heteroatoms. The van der Waals surface area contributed by atoms with Crippen LogP contribution >= 0.6 is 11.3 Å². The SMILES string of the molecule is CN(C)C(=O)CCNc1nc(CCC(=O)O)cs1. The molecule has 0 radical (unpaired) electrons. The molecule has 0 saturated heterocycles. The minimum atomic E-state index is -0.825. The Morgan fingerprint density at radius 3 is 2.78 bits per heavy atom. The molecule has 0 fully saturated rings. The molecule has 1 aromatic heterocycles. The predicted octanol–water partition coefficient (Wildman–Crippen LogP) is 1.05. The minimum Gasteiger partial charge on any atom is -0.481 e. The second-order valence-electron chi connectivity index (χ2n) is 4.00. The summed E-state index contributed by atoms with van der Waals surface area (Å²) in [4.78, 5) is 27.5. The standard InChI is InChI=1S/C11H17N3O3S/c1-14(2)9(15)5-6-12-11-13-8(7-18-11)3-4-10(16)17/h7H,3-6H2,1-2H3,(H,12,13)(H,16,17). The lowest BCUT2D eigenvalue weighted by Crippen LogP contribution is -2.23. The van der Waals surface area contributed by atoms with Crippen molar-refractivity contribution in [3.63, 3.8) is 0 Å². The van der Waals surface area contributed by atoms with Crippen molar-refractivity contribution in [2.24, 2.45) is 0 Å². The van der Waals surface area contributed by atoms with Crippen LogP contribution in [0.3, 0.4) is 0 Å². The number of anilines is 1. The van der Waals surface area contributed by atoms with Crippen LogP contribution in [0.4, 0.5) is 5.13 Å². The maximum absolute atomic E-state index is 11.3. The van der Waals surface area contributed by atoms with E-state index in [1.165, 1.54) is 11.3 Å². The Labute approximate surface area is 110 Å². The average Bonchev–Trinajstić information content (AvgIpc) is 2.74. The average molecular weight is 271 g/mol. The molecule has 0 aliphatic rings. The molecule has 1 rings (SSSR count).